The quantitative estimate of drug-likeness (QED) is 0.313. The van der Waals surface area contributed by atoms with Gasteiger partial charge in [0.15, 0.2) is 0 Å². The van der Waals surface area contributed by atoms with Crippen LogP contribution in [-0.2, 0) is 6.42 Å². The molecule has 3 heteroatoms. The Labute approximate surface area is 167 Å². The molecular formula is C23H31BrN2. The van der Waals surface area contributed by atoms with Crippen LogP contribution in [0.25, 0.3) is 0 Å². The lowest BCUT2D eigenvalue weighted by atomic mass is 10.0. The van der Waals surface area contributed by atoms with Crippen molar-refractivity contribution in [3.63, 3.8) is 0 Å². The number of aliphatic imine (C=N–C) groups is 1. The van der Waals surface area contributed by atoms with Crippen molar-refractivity contribution in [2.24, 2.45) is 4.99 Å². The van der Waals surface area contributed by atoms with Crippen molar-refractivity contribution in [2.75, 3.05) is 11.9 Å². The Hall–Kier alpha value is -1.61. The van der Waals surface area contributed by atoms with Gasteiger partial charge < -0.3 is 5.32 Å². The van der Waals surface area contributed by atoms with Crippen molar-refractivity contribution in [3.8, 4) is 0 Å². The van der Waals surface area contributed by atoms with Crippen LogP contribution in [-0.4, -0.2) is 18.3 Å². The molecule has 2 rings (SSSR count). The highest BCUT2D eigenvalue weighted by Crippen LogP contribution is 2.24. The number of nitrogens with zero attached hydrogens (tertiary/aromatic N) is 1. The molecule has 0 aliphatic carbocycles. The van der Waals surface area contributed by atoms with Gasteiger partial charge in [0, 0.05) is 34.9 Å². The number of nitrogens with one attached hydrogen (secondary N) is 1. The van der Waals surface area contributed by atoms with E-state index >= 15 is 0 Å². The van der Waals surface area contributed by atoms with Crippen LogP contribution in [0.3, 0.4) is 0 Å². The van der Waals surface area contributed by atoms with E-state index in [1.165, 1.54) is 42.6 Å². The van der Waals surface area contributed by atoms with E-state index in [9.17, 15) is 0 Å². The Morgan fingerprint density at radius 2 is 1.77 bits per heavy atom. The lowest BCUT2D eigenvalue weighted by Gasteiger charge is -2.21. The van der Waals surface area contributed by atoms with E-state index in [1.54, 1.807) is 0 Å². The average molecular weight is 415 g/mol. The highest BCUT2D eigenvalue weighted by atomic mass is 79.9. The van der Waals surface area contributed by atoms with E-state index in [4.69, 9.17) is 4.99 Å². The first kappa shape index (κ1) is 20.7. The van der Waals surface area contributed by atoms with Gasteiger partial charge in [-0.3, -0.25) is 4.99 Å². The monoisotopic (exact) mass is 414 g/mol. The fourth-order valence-electron chi connectivity index (χ4n) is 3.11. The number of benzene rings is 2. The second-order valence-electron chi connectivity index (χ2n) is 6.87. The third-order valence-electron chi connectivity index (χ3n) is 4.56. The maximum absolute atomic E-state index is 4.82. The predicted molar refractivity (Wildman–Crippen MR) is 118 cm³/mol. The molecule has 26 heavy (non-hydrogen) atoms. The van der Waals surface area contributed by atoms with E-state index in [-0.39, 0.29) is 0 Å². The molecule has 1 N–H and O–H groups in total. The Balaban J connectivity index is 1.91. The first-order valence-corrected chi connectivity index (χ1v) is 10.5. The molecule has 0 saturated heterocycles. The minimum absolute atomic E-state index is 0.431. The molecule has 2 aromatic rings. The molecule has 1 atom stereocenters. The largest absolute Gasteiger partial charge is 0.381 e. The van der Waals surface area contributed by atoms with Crippen LogP contribution in [0.5, 0.6) is 0 Å². The molecule has 0 aliphatic heterocycles. The Morgan fingerprint density at radius 1 is 1.04 bits per heavy atom. The van der Waals surface area contributed by atoms with Gasteiger partial charge in [-0.05, 0) is 53.4 Å². The third-order valence-corrected chi connectivity index (χ3v) is 5.25. The highest BCUT2D eigenvalue weighted by Gasteiger charge is 2.11. The van der Waals surface area contributed by atoms with E-state index in [0.29, 0.717) is 6.04 Å². The summed E-state index contributed by atoms with van der Waals surface area (Å²) >= 11 is 3.65. The smallest absolute Gasteiger partial charge is 0.0486 e. The number of para-hydroxylation sites is 1. The first-order chi connectivity index (χ1) is 12.7. The van der Waals surface area contributed by atoms with E-state index < -0.39 is 0 Å². The van der Waals surface area contributed by atoms with Crippen LogP contribution in [0.4, 0.5) is 5.69 Å². The molecule has 2 nitrogen and oxygen atoms in total. The zero-order chi connectivity index (χ0) is 18.6. The molecule has 1 unspecified atom stereocenters. The van der Waals surface area contributed by atoms with Crippen molar-refractivity contribution < 1.29 is 0 Å². The number of unbranched alkanes of at least 4 members (excludes halogenated alkanes) is 2. The summed E-state index contributed by atoms with van der Waals surface area (Å²) in [6, 6.07) is 19.4. The molecule has 140 valence electrons. The summed E-state index contributed by atoms with van der Waals surface area (Å²) in [7, 11) is 0. The lowest BCUT2D eigenvalue weighted by Crippen LogP contribution is -2.23. The minimum Gasteiger partial charge on any atom is -0.381 e. The Bertz CT molecular complexity index is 667. The fraction of sp³-hybridized carbons (Fsp3) is 0.435. The second kappa shape index (κ2) is 11.9. The van der Waals surface area contributed by atoms with Crippen molar-refractivity contribution >= 4 is 27.3 Å². The van der Waals surface area contributed by atoms with Crippen molar-refractivity contribution in [2.45, 2.75) is 58.4 Å². The summed E-state index contributed by atoms with van der Waals surface area (Å²) in [5, 5.41) is 3.72. The number of halogens is 1. The second-order valence-corrected chi connectivity index (χ2v) is 7.73. The number of hydrogen-bond donors (Lipinski definition) is 1. The molecule has 2 aromatic carbocycles. The van der Waals surface area contributed by atoms with Gasteiger partial charge in [-0.2, -0.15) is 0 Å². The van der Waals surface area contributed by atoms with Crippen molar-refractivity contribution in [1.82, 2.24) is 0 Å². The zero-order valence-electron chi connectivity index (χ0n) is 16.0. The van der Waals surface area contributed by atoms with Crippen LogP contribution in [0.2, 0.25) is 0 Å². The molecule has 0 aromatic heterocycles. The number of hydrogen-bond acceptors (Lipinski definition) is 2. The van der Waals surface area contributed by atoms with Gasteiger partial charge in [0.1, 0.15) is 0 Å². The topological polar surface area (TPSA) is 24.4 Å². The lowest BCUT2D eigenvalue weighted by molar-refractivity contribution is 0.596. The maximum Gasteiger partial charge on any atom is 0.0486 e. The minimum atomic E-state index is 0.431. The van der Waals surface area contributed by atoms with Crippen LogP contribution >= 0.6 is 15.9 Å². The molecule has 0 saturated carbocycles. The Morgan fingerprint density at radius 3 is 2.50 bits per heavy atom. The van der Waals surface area contributed by atoms with Gasteiger partial charge >= 0.3 is 0 Å². The molecule has 0 fully saturated rings. The van der Waals surface area contributed by atoms with Gasteiger partial charge in [0.25, 0.3) is 0 Å². The van der Waals surface area contributed by atoms with E-state index in [2.05, 4.69) is 89.7 Å². The summed E-state index contributed by atoms with van der Waals surface area (Å²) in [6.07, 6.45) is 7.00. The van der Waals surface area contributed by atoms with E-state index in [1.807, 2.05) is 0 Å². The Kier molecular flexibility index (Phi) is 9.47. The summed E-state index contributed by atoms with van der Waals surface area (Å²) in [4.78, 5) is 4.82. The SMILES string of the molecule is CCCCCC(CC(C)=NCCc1ccccc1)Nc1ccccc1Br. The zero-order valence-corrected chi connectivity index (χ0v) is 17.6. The van der Waals surface area contributed by atoms with Crippen molar-refractivity contribution in [3.05, 3.63) is 64.6 Å². The summed E-state index contributed by atoms with van der Waals surface area (Å²) < 4.78 is 1.12. The molecule has 0 aliphatic rings. The molecule has 0 spiro atoms. The third kappa shape index (κ3) is 7.74. The summed E-state index contributed by atoms with van der Waals surface area (Å²) in [6.45, 7) is 5.29. The summed E-state index contributed by atoms with van der Waals surface area (Å²) in [5.41, 5.74) is 3.77. The normalized spacial score (nSPS) is 12.8. The van der Waals surface area contributed by atoms with Gasteiger partial charge in [-0.1, -0.05) is 68.7 Å². The van der Waals surface area contributed by atoms with Gasteiger partial charge in [-0.15, -0.1) is 0 Å². The van der Waals surface area contributed by atoms with Crippen LogP contribution in [0.1, 0.15) is 51.5 Å². The average Bonchev–Trinajstić information content (AvgIpc) is 2.64. The van der Waals surface area contributed by atoms with Gasteiger partial charge in [0.2, 0.25) is 0 Å². The van der Waals surface area contributed by atoms with Crippen molar-refractivity contribution in [1.29, 1.82) is 0 Å². The molecule has 0 bridgehead atoms. The predicted octanol–water partition coefficient (Wildman–Crippen LogP) is 6.90. The number of rotatable bonds is 11. The molecular weight excluding hydrogens is 384 g/mol. The molecule has 0 radical (unpaired) electrons. The van der Waals surface area contributed by atoms with Crippen LogP contribution in [0, 0.1) is 0 Å². The standard InChI is InChI=1S/C23H31BrN2/c1-3-4-6-13-21(26-23-15-10-9-14-22(23)24)18-19(2)25-17-16-20-11-7-5-8-12-20/h5,7-12,14-15,21,26H,3-4,6,13,16-18H2,1-2H3. The van der Waals surface area contributed by atoms with E-state index in [0.717, 1.165) is 23.9 Å². The van der Waals surface area contributed by atoms with Crippen LogP contribution < -0.4 is 5.32 Å². The van der Waals surface area contributed by atoms with Gasteiger partial charge in [-0.25, -0.2) is 0 Å². The first-order valence-electron chi connectivity index (χ1n) is 9.74. The number of anilines is 1. The summed E-state index contributed by atoms with van der Waals surface area (Å²) in [5.74, 6) is 0. The highest BCUT2D eigenvalue weighted by molar-refractivity contribution is 9.10. The maximum atomic E-state index is 4.82. The molecule has 0 amide bonds. The van der Waals surface area contributed by atoms with Gasteiger partial charge in [0.05, 0.1) is 0 Å². The molecule has 0 heterocycles. The fourth-order valence-corrected chi connectivity index (χ4v) is 3.51. The van der Waals surface area contributed by atoms with Crippen LogP contribution in [0.15, 0.2) is 64.1 Å².